The molecule has 0 heterocycles. The van der Waals surface area contributed by atoms with E-state index >= 15 is 0 Å². The summed E-state index contributed by atoms with van der Waals surface area (Å²) in [5.41, 5.74) is 1.21. The fraction of sp³-hybridized carbons (Fsp3) is 0.562. The predicted molar refractivity (Wildman–Crippen MR) is 76.6 cm³/mol. The number of hydrogen-bond acceptors (Lipinski definition) is 2. The third kappa shape index (κ3) is 5.08. The second-order valence-corrected chi connectivity index (χ2v) is 5.80. The summed E-state index contributed by atoms with van der Waals surface area (Å²) in [6.45, 7) is 1.15. The molecule has 0 radical (unpaired) electrons. The van der Waals surface area contributed by atoms with E-state index in [9.17, 15) is 13.6 Å². The molecule has 21 heavy (non-hydrogen) atoms. The van der Waals surface area contributed by atoms with Gasteiger partial charge < -0.3 is 10.4 Å². The van der Waals surface area contributed by atoms with Gasteiger partial charge in [-0.2, -0.15) is 0 Å². The Morgan fingerprint density at radius 3 is 2.67 bits per heavy atom. The third-order valence-electron chi connectivity index (χ3n) is 3.96. The predicted octanol–water partition coefficient (Wildman–Crippen LogP) is 3.69. The average Bonchev–Trinajstić information content (AvgIpc) is 2.60. The molecule has 1 aromatic carbocycles. The molecule has 1 atom stereocenters. The normalized spacial score (nSPS) is 21.7. The summed E-state index contributed by atoms with van der Waals surface area (Å²) in [7, 11) is 0. The average molecular weight is 297 g/mol. The molecule has 1 aliphatic carbocycles. The van der Waals surface area contributed by atoms with Gasteiger partial charge in [-0.1, -0.05) is 18.6 Å². The fourth-order valence-electron chi connectivity index (χ4n) is 2.80. The summed E-state index contributed by atoms with van der Waals surface area (Å²) >= 11 is 0. The number of alkyl halides is 2. The van der Waals surface area contributed by atoms with E-state index in [1.54, 1.807) is 24.3 Å². The zero-order valence-corrected chi connectivity index (χ0v) is 11.9. The van der Waals surface area contributed by atoms with Gasteiger partial charge in [-0.05, 0) is 43.0 Å². The molecule has 2 rings (SSSR count). The first kappa shape index (κ1) is 15.9. The topological polar surface area (TPSA) is 49.3 Å². The van der Waals surface area contributed by atoms with Gasteiger partial charge in [-0.15, -0.1) is 0 Å². The van der Waals surface area contributed by atoms with Crippen LogP contribution < -0.4 is 5.32 Å². The summed E-state index contributed by atoms with van der Waals surface area (Å²) in [5, 5.41) is 12.0. The lowest BCUT2D eigenvalue weighted by molar-refractivity contribution is -0.0249. The molecule has 0 bridgehead atoms. The zero-order valence-electron chi connectivity index (χ0n) is 11.9. The minimum Gasteiger partial charge on any atom is -0.478 e. The molecule has 1 aromatic rings. The number of carbonyl (C=O) groups is 1. The van der Waals surface area contributed by atoms with Crippen molar-refractivity contribution in [1.29, 1.82) is 0 Å². The molecule has 116 valence electrons. The number of nitrogens with one attached hydrogen (secondary N) is 1. The highest BCUT2D eigenvalue weighted by atomic mass is 19.3. The first-order chi connectivity index (χ1) is 9.96. The fourth-order valence-corrected chi connectivity index (χ4v) is 2.80. The summed E-state index contributed by atoms with van der Waals surface area (Å²) in [6.07, 6.45) is 2.31. The lowest BCUT2D eigenvalue weighted by atomic mass is 9.98. The Balaban J connectivity index is 1.79. The van der Waals surface area contributed by atoms with Crippen LogP contribution in [0.5, 0.6) is 0 Å². The molecule has 0 aromatic heterocycles. The van der Waals surface area contributed by atoms with Crippen molar-refractivity contribution in [1.82, 2.24) is 5.32 Å². The van der Waals surface area contributed by atoms with Crippen LogP contribution in [0, 0.1) is 5.92 Å². The van der Waals surface area contributed by atoms with Crippen LogP contribution in [0.15, 0.2) is 24.3 Å². The van der Waals surface area contributed by atoms with Gasteiger partial charge >= 0.3 is 5.97 Å². The number of benzene rings is 1. The molecule has 1 unspecified atom stereocenters. The van der Waals surface area contributed by atoms with Crippen molar-refractivity contribution in [3.8, 4) is 0 Å². The molecule has 0 spiro atoms. The molecule has 2 N–H and O–H groups in total. The monoisotopic (exact) mass is 297 g/mol. The van der Waals surface area contributed by atoms with Gasteiger partial charge in [0.25, 0.3) is 0 Å². The first-order valence-electron chi connectivity index (χ1n) is 7.37. The van der Waals surface area contributed by atoms with Crippen molar-refractivity contribution in [2.75, 3.05) is 6.54 Å². The first-order valence-corrected chi connectivity index (χ1v) is 7.37. The molecule has 0 aliphatic heterocycles. The van der Waals surface area contributed by atoms with Crippen LogP contribution in [-0.2, 0) is 6.54 Å². The van der Waals surface area contributed by atoms with E-state index in [0.29, 0.717) is 19.5 Å². The van der Waals surface area contributed by atoms with Gasteiger partial charge in [0.05, 0.1) is 5.56 Å². The van der Waals surface area contributed by atoms with Gasteiger partial charge in [0.2, 0.25) is 5.92 Å². The van der Waals surface area contributed by atoms with E-state index in [2.05, 4.69) is 5.32 Å². The maximum atomic E-state index is 13.5. The maximum Gasteiger partial charge on any atom is 0.335 e. The van der Waals surface area contributed by atoms with Gasteiger partial charge in [0, 0.05) is 19.4 Å². The van der Waals surface area contributed by atoms with Crippen molar-refractivity contribution < 1.29 is 18.7 Å². The summed E-state index contributed by atoms with van der Waals surface area (Å²) in [5.74, 6) is -3.46. The molecule has 1 fully saturated rings. The highest BCUT2D eigenvalue weighted by Crippen LogP contribution is 2.34. The maximum absolute atomic E-state index is 13.5. The second-order valence-electron chi connectivity index (χ2n) is 5.80. The minimum atomic E-state index is -2.52. The number of halogens is 2. The van der Waals surface area contributed by atoms with Crippen molar-refractivity contribution in [2.45, 2.75) is 44.6 Å². The SMILES string of the molecule is O=C(O)c1ccc(CNCC2CCCCC(F)(F)C2)cc1. The van der Waals surface area contributed by atoms with Gasteiger partial charge in [-0.25, -0.2) is 13.6 Å². The van der Waals surface area contributed by atoms with Crippen molar-refractivity contribution in [2.24, 2.45) is 5.92 Å². The van der Waals surface area contributed by atoms with Crippen LogP contribution in [0.4, 0.5) is 8.78 Å². The van der Waals surface area contributed by atoms with E-state index in [0.717, 1.165) is 18.4 Å². The van der Waals surface area contributed by atoms with E-state index < -0.39 is 11.9 Å². The Morgan fingerprint density at radius 1 is 1.29 bits per heavy atom. The smallest absolute Gasteiger partial charge is 0.335 e. The zero-order chi connectivity index (χ0) is 15.3. The van der Waals surface area contributed by atoms with Crippen molar-refractivity contribution in [3.63, 3.8) is 0 Å². The highest BCUT2D eigenvalue weighted by molar-refractivity contribution is 5.87. The lowest BCUT2D eigenvalue weighted by Crippen LogP contribution is -2.27. The number of carboxylic acids is 1. The van der Waals surface area contributed by atoms with Gasteiger partial charge in [0.15, 0.2) is 0 Å². The quantitative estimate of drug-likeness (QED) is 0.815. The van der Waals surface area contributed by atoms with Crippen molar-refractivity contribution in [3.05, 3.63) is 35.4 Å². The number of hydrogen-bond donors (Lipinski definition) is 2. The number of rotatable bonds is 5. The van der Waals surface area contributed by atoms with Gasteiger partial charge in [0.1, 0.15) is 0 Å². The molecular weight excluding hydrogens is 276 g/mol. The second kappa shape index (κ2) is 6.98. The van der Waals surface area contributed by atoms with Gasteiger partial charge in [-0.3, -0.25) is 0 Å². The van der Waals surface area contributed by atoms with Crippen LogP contribution in [-0.4, -0.2) is 23.5 Å². The Labute approximate surface area is 123 Å². The third-order valence-corrected chi connectivity index (χ3v) is 3.96. The summed E-state index contributed by atoms with van der Waals surface area (Å²) in [4.78, 5) is 10.7. The van der Waals surface area contributed by atoms with E-state index in [-0.39, 0.29) is 24.3 Å². The molecular formula is C16H21F2NO2. The van der Waals surface area contributed by atoms with Crippen molar-refractivity contribution >= 4 is 5.97 Å². The Bertz CT molecular complexity index is 474. The molecule has 5 heteroatoms. The Kier molecular flexibility index (Phi) is 5.28. The standard InChI is InChI=1S/C16H21F2NO2/c17-16(18)8-2-1-3-13(9-16)11-19-10-12-4-6-14(7-5-12)15(20)21/h4-7,13,19H,1-3,8-11H2,(H,20,21). The molecule has 1 saturated carbocycles. The molecule has 3 nitrogen and oxygen atoms in total. The van der Waals surface area contributed by atoms with E-state index in [1.807, 2.05) is 0 Å². The van der Waals surface area contributed by atoms with Crippen LogP contribution in [0.3, 0.4) is 0 Å². The summed E-state index contributed by atoms with van der Waals surface area (Å²) in [6, 6.07) is 6.61. The number of carboxylic acid groups (broad SMARTS) is 1. The van der Waals surface area contributed by atoms with Crippen LogP contribution in [0.1, 0.15) is 48.0 Å². The lowest BCUT2D eigenvalue weighted by Gasteiger charge is -2.20. The largest absolute Gasteiger partial charge is 0.478 e. The minimum absolute atomic E-state index is 0.0140. The summed E-state index contributed by atoms with van der Waals surface area (Å²) < 4.78 is 27.0. The number of aromatic carboxylic acids is 1. The molecule has 1 aliphatic rings. The van der Waals surface area contributed by atoms with Crippen LogP contribution in [0.2, 0.25) is 0 Å². The molecule has 0 saturated heterocycles. The van der Waals surface area contributed by atoms with Crippen LogP contribution >= 0.6 is 0 Å². The molecule has 0 amide bonds. The van der Waals surface area contributed by atoms with Crippen LogP contribution in [0.25, 0.3) is 0 Å². The van der Waals surface area contributed by atoms with E-state index in [1.165, 1.54) is 0 Å². The van der Waals surface area contributed by atoms with E-state index in [4.69, 9.17) is 5.11 Å². The highest BCUT2D eigenvalue weighted by Gasteiger charge is 2.33. The Morgan fingerprint density at radius 2 is 2.00 bits per heavy atom. The Hall–Kier alpha value is -1.49.